The number of halogens is 2. The van der Waals surface area contributed by atoms with Crippen LogP contribution in [0, 0.1) is 0 Å². The number of carbonyl (C=O) groups excluding carboxylic acids is 1. The third-order valence-electron chi connectivity index (χ3n) is 5.35. The van der Waals surface area contributed by atoms with Crippen LogP contribution in [0.3, 0.4) is 0 Å². The van der Waals surface area contributed by atoms with Crippen LogP contribution in [0.15, 0.2) is 24.5 Å². The molecule has 0 bridgehead atoms. The summed E-state index contributed by atoms with van der Waals surface area (Å²) in [6.45, 7) is 5.52. The minimum atomic E-state index is -1.36. The van der Waals surface area contributed by atoms with Crippen molar-refractivity contribution in [1.29, 1.82) is 0 Å². The van der Waals surface area contributed by atoms with Gasteiger partial charge in [-0.3, -0.25) is 9.88 Å². The molecule has 0 aliphatic carbocycles. The molecule has 3 heterocycles. The van der Waals surface area contributed by atoms with E-state index in [1.807, 2.05) is 17.0 Å². The predicted molar refractivity (Wildman–Crippen MR) is 113 cm³/mol. The van der Waals surface area contributed by atoms with Crippen molar-refractivity contribution in [2.75, 3.05) is 44.2 Å². The maximum absolute atomic E-state index is 12.7. The Labute approximate surface area is 178 Å². The summed E-state index contributed by atoms with van der Waals surface area (Å²) >= 11 is 0. The number of hydrogen-bond acceptors (Lipinski definition) is 5. The van der Waals surface area contributed by atoms with Crippen LogP contribution in [0.25, 0.3) is 0 Å². The van der Waals surface area contributed by atoms with E-state index < -0.39 is 11.6 Å². The molecule has 158 valence electrons. The summed E-state index contributed by atoms with van der Waals surface area (Å²) < 4.78 is 0. The molecule has 3 rings (SSSR count). The minimum absolute atomic E-state index is 0. The second-order valence-electron chi connectivity index (χ2n) is 7.03. The van der Waals surface area contributed by atoms with E-state index in [9.17, 15) is 14.7 Å². The highest BCUT2D eigenvalue weighted by Gasteiger charge is 2.42. The number of pyridine rings is 1. The van der Waals surface area contributed by atoms with Crippen molar-refractivity contribution < 1.29 is 14.7 Å². The quantitative estimate of drug-likeness (QED) is 0.754. The highest BCUT2D eigenvalue weighted by Crippen LogP contribution is 2.20. The Morgan fingerprint density at radius 3 is 2.11 bits per heavy atom. The lowest BCUT2D eigenvalue weighted by atomic mass is 10.0. The second kappa shape index (κ2) is 10.7. The average molecular weight is 434 g/mol. The van der Waals surface area contributed by atoms with Gasteiger partial charge in [0.15, 0.2) is 5.66 Å². The van der Waals surface area contributed by atoms with Gasteiger partial charge in [-0.1, -0.05) is 6.42 Å². The smallest absolute Gasteiger partial charge is 0.344 e. The third-order valence-corrected chi connectivity index (χ3v) is 5.35. The maximum Gasteiger partial charge on any atom is 0.344 e. The number of aromatic nitrogens is 1. The van der Waals surface area contributed by atoms with Crippen molar-refractivity contribution in [1.82, 2.24) is 20.1 Å². The van der Waals surface area contributed by atoms with Gasteiger partial charge in [0.05, 0.1) is 0 Å². The molecule has 0 saturated carbocycles. The van der Waals surface area contributed by atoms with Gasteiger partial charge in [0.25, 0.3) is 0 Å². The molecule has 2 saturated heterocycles. The second-order valence-corrected chi connectivity index (χ2v) is 7.03. The maximum atomic E-state index is 12.7. The summed E-state index contributed by atoms with van der Waals surface area (Å²) in [6.07, 6.45) is 6.54. The van der Waals surface area contributed by atoms with Gasteiger partial charge >= 0.3 is 12.0 Å². The number of urea groups is 1. The zero-order chi connectivity index (χ0) is 18.6. The molecule has 1 aromatic heterocycles. The topological polar surface area (TPSA) is 89.0 Å². The molecular weight excluding hydrogens is 405 g/mol. The summed E-state index contributed by atoms with van der Waals surface area (Å²) in [7, 11) is 0. The van der Waals surface area contributed by atoms with Gasteiger partial charge in [0.2, 0.25) is 0 Å². The van der Waals surface area contributed by atoms with E-state index >= 15 is 0 Å². The Morgan fingerprint density at radius 1 is 1.00 bits per heavy atom. The van der Waals surface area contributed by atoms with Crippen LogP contribution in [-0.4, -0.2) is 76.8 Å². The van der Waals surface area contributed by atoms with Gasteiger partial charge in [-0.05, 0) is 31.9 Å². The number of nitrogens with zero attached hydrogens (tertiary/aromatic N) is 4. The van der Waals surface area contributed by atoms with E-state index in [0.717, 1.165) is 24.9 Å². The number of carboxylic acid groups (broad SMARTS) is 1. The number of likely N-dealkylation sites (tertiary alicyclic amines) is 1. The Hall–Kier alpha value is -1.77. The fourth-order valence-corrected chi connectivity index (χ4v) is 3.62. The van der Waals surface area contributed by atoms with E-state index in [1.54, 1.807) is 24.2 Å². The lowest BCUT2D eigenvalue weighted by molar-refractivity contribution is -0.153. The molecule has 2 N–H and O–H groups in total. The monoisotopic (exact) mass is 433 g/mol. The van der Waals surface area contributed by atoms with E-state index in [4.69, 9.17) is 0 Å². The Kier molecular flexibility index (Phi) is 9.26. The van der Waals surface area contributed by atoms with Crippen molar-refractivity contribution in [3.8, 4) is 0 Å². The average Bonchev–Trinajstić information content (AvgIpc) is 2.69. The molecule has 0 spiro atoms. The predicted octanol–water partition coefficient (Wildman–Crippen LogP) is 2.04. The van der Waals surface area contributed by atoms with Crippen LogP contribution in [0.1, 0.15) is 26.2 Å². The Balaban J connectivity index is 0.00000196. The summed E-state index contributed by atoms with van der Waals surface area (Å²) in [6, 6.07) is 3.59. The van der Waals surface area contributed by atoms with Crippen molar-refractivity contribution in [3.63, 3.8) is 0 Å². The molecule has 2 fully saturated rings. The molecule has 2 amide bonds. The first-order chi connectivity index (χ1) is 12.5. The summed E-state index contributed by atoms with van der Waals surface area (Å²) in [5.74, 6) is -1.01. The fourth-order valence-electron chi connectivity index (χ4n) is 3.62. The van der Waals surface area contributed by atoms with Crippen LogP contribution in [0.2, 0.25) is 0 Å². The highest BCUT2D eigenvalue weighted by molar-refractivity contribution is 5.86. The van der Waals surface area contributed by atoms with Crippen molar-refractivity contribution in [2.24, 2.45) is 0 Å². The number of anilines is 1. The van der Waals surface area contributed by atoms with E-state index in [1.165, 1.54) is 0 Å². The number of rotatable bonds is 4. The van der Waals surface area contributed by atoms with Gasteiger partial charge in [-0.2, -0.15) is 0 Å². The number of hydrogen-bond donors (Lipinski definition) is 2. The molecule has 2 aliphatic heterocycles. The van der Waals surface area contributed by atoms with Crippen LogP contribution in [-0.2, 0) is 4.79 Å². The third kappa shape index (κ3) is 5.40. The number of carbonyl (C=O) groups is 2. The number of carboxylic acids is 1. The highest BCUT2D eigenvalue weighted by atomic mass is 35.5. The first kappa shape index (κ1) is 24.3. The Bertz CT molecular complexity index is 637. The van der Waals surface area contributed by atoms with Crippen LogP contribution < -0.4 is 10.2 Å². The molecule has 10 heteroatoms. The molecule has 28 heavy (non-hydrogen) atoms. The molecule has 1 atom stereocenters. The summed E-state index contributed by atoms with van der Waals surface area (Å²) in [5, 5.41) is 12.5. The normalized spacial score (nSPS) is 19.6. The molecule has 2 aliphatic rings. The minimum Gasteiger partial charge on any atom is -0.478 e. The number of aliphatic carboxylic acids is 1. The van der Waals surface area contributed by atoms with Crippen LogP contribution in [0.4, 0.5) is 10.5 Å². The molecule has 1 aromatic rings. The van der Waals surface area contributed by atoms with Gasteiger partial charge in [-0.25, -0.2) is 9.59 Å². The summed E-state index contributed by atoms with van der Waals surface area (Å²) in [5.41, 5.74) is -0.275. The standard InChI is InChI=1S/C18H27N5O3.2ClH/c1-18(16(24)25,23-9-3-2-4-10-23)20-17(26)22-13-11-21(12-14-22)15-5-7-19-8-6-15;;/h5-8H,2-4,9-14H2,1H3,(H,20,26)(H,24,25);2*1H. The number of amides is 2. The SMILES string of the molecule is CC(NC(=O)N1CCN(c2ccncc2)CC1)(C(=O)O)N1CCCCC1.Cl.Cl. The molecule has 1 unspecified atom stereocenters. The molecule has 8 nitrogen and oxygen atoms in total. The van der Waals surface area contributed by atoms with Gasteiger partial charge in [0.1, 0.15) is 0 Å². The zero-order valence-electron chi connectivity index (χ0n) is 16.0. The Morgan fingerprint density at radius 2 is 1.57 bits per heavy atom. The molecule has 0 radical (unpaired) electrons. The van der Waals surface area contributed by atoms with Gasteiger partial charge in [0, 0.05) is 57.3 Å². The fraction of sp³-hybridized carbons (Fsp3) is 0.611. The number of piperidine rings is 1. The van der Waals surface area contributed by atoms with Crippen molar-refractivity contribution >= 4 is 42.5 Å². The van der Waals surface area contributed by atoms with E-state index in [-0.39, 0.29) is 30.8 Å². The van der Waals surface area contributed by atoms with E-state index in [0.29, 0.717) is 39.3 Å². The lowest BCUT2D eigenvalue weighted by Crippen LogP contribution is -2.67. The first-order valence-corrected chi connectivity index (χ1v) is 9.21. The largest absolute Gasteiger partial charge is 0.478 e. The molecule has 0 aromatic carbocycles. The van der Waals surface area contributed by atoms with Crippen LogP contribution in [0.5, 0.6) is 0 Å². The van der Waals surface area contributed by atoms with Gasteiger partial charge in [-0.15, -0.1) is 24.8 Å². The first-order valence-electron chi connectivity index (χ1n) is 9.21. The number of nitrogens with one attached hydrogen (secondary N) is 1. The van der Waals surface area contributed by atoms with Crippen molar-refractivity contribution in [2.45, 2.75) is 31.8 Å². The lowest BCUT2D eigenvalue weighted by Gasteiger charge is -2.42. The number of piperazine rings is 1. The molecular formula is C18H29Cl2N5O3. The van der Waals surface area contributed by atoms with E-state index in [2.05, 4.69) is 15.2 Å². The summed E-state index contributed by atoms with van der Waals surface area (Å²) in [4.78, 5) is 34.4. The zero-order valence-corrected chi connectivity index (χ0v) is 17.7. The van der Waals surface area contributed by atoms with Gasteiger partial charge < -0.3 is 20.2 Å². The van der Waals surface area contributed by atoms with Crippen molar-refractivity contribution in [3.05, 3.63) is 24.5 Å². The van der Waals surface area contributed by atoms with Crippen LogP contribution >= 0.6 is 24.8 Å².